The molecule has 0 aliphatic heterocycles. The van der Waals surface area contributed by atoms with Crippen molar-refractivity contribution in [1.82, 2.24) is 0 Å². The van der Waals surface area contributed by atoms with Crippen LogP contribution in [0.1, 0.15) is 52.4 Å². The lowest BCUT2D eigenvalue weighted by atomic mass is 9.46. The quantitative estimate of drug-likeness (QED) is 0.577. The molecule has 0 radical (unpaired) electrons. The molecule has 4 rings (SSSR count). The summed E-state index contributed by atoms with van der Waals surface area (Å²) in [4.78, 5) is 49.8. The molecule has 0 unspecified atom stereocenters. The summed E-state index contributed by atoms with van der Waals surface area (Å²) in [5.74, 6) is -1.41. The van der Waals surface area contributed by atoms with Crippen molar-refractivity contribution in [3.8, 4) is 0 Å². The maximum atomic E-state index is 13.4. The number of aliphatic hydroxyl groups is 1. The van der Waals surface area contributed by atoms with Crippen molar-refractivity contribution in [2.24, 2.45) is 28.6 Å². The Bertz CT molecular complexity index is 869. The number of carbonyl (C=O) groups is 4. The number of allylic oxidation sites excluding steroid dienone is 4. The van der Waals surface area contributed by atoms with Crippen LogP contribution >= 0.6 is 0 Å². The predicted molar refractivity (Wildman–Crippen MR) is 104 cm³/mol. The molecule has 6 nitrogen and oxygen atoms in total. The van der Waals surface area contributed by atoms with Gasteiger partial charge in [-0.1, -0.05) is 25.5 Å². The monoisotopic (exact) mass is 400 g/mol. The Morgan fingerprint density at radius 3 is 2.66 bits per heavy atom. The molecule has 156 valence electrons. The van der Waals surface area contributed by atoms with E-state index in [0.717, 1.165) is 18.4 Å². The molecule has 4 aliphatic carbocycles. The zero-order valence-electron chi connectivity index (χ0n) is 17.2. The van der Waals surface area contributed by atoms with Crippen LogP contribution in [-0.2, 0) is 23.9 Å². The lowest BCUT2D eigenvalue weighted by molar-refractivity contribution is -0.169. The van der Waals surface area contributed by atoms with E-state index in [4.69, 9.17) is 0 Å². The lowest BCUT2D eigenvalue weighted by Gasteiger charge is -2.56. The fraction of sp³-hybridized carbons (Fsp3) is 0.652. The summed E-state index contributed by atoms with van der Waals surface area (Å²) in [6.07, 6.45) is 7.13. The fourth-order valence-corrected chi connectivity index (χ4v) is 6.84. The highest BCUT2D eigenvalue weighted by atomic mass is 16.5. The Labute approximate surface area is 170 Å². The highest BCUT2D eigenvalue weighted by Crippen LogP contribution is 2.66. The van der Waals surface area contributed by atoms with Gasteiger partial charge in [0.25, 0.3) is 0 Å². The molecule has 0 amide bonds. The van der Waals surface area contributed by atoms with Gasteiger partial charge in [-0.2, -0.15) is 0 Å². The summed E-state index contributed by atoms with van der Waals surface area (Å²) in [5, 5.41) is 11.4. The number of fused-ring (bicyclic) bond motifs is 5. The second kappa shape index (κ2) is 6.46. The summed E-state index contributed by atoms with van der Waals surface area (Å²) in [7, 11) is 1.21. The van der Waals surface area contributed by atoms with Gasteiger partial charge in [-0.3, -0.25) is 19.2 Å². The van der Waals surface area contributed by atoms with E-state index in [9.17, 15) is 24.3 Å². The molecule has 6 heteroatoms. The smallest absolute Gasteiger partial charge is 0.313 e. The van der Waals surface area contributed by atoms with Gasteiger partial charge >= 0.3 is 5.97 Å². The van der Waals surface area contributed by atoms with Crippen LogP contribution in [0.4, 0.5) is 0 Å². The van der Waals surface area contributed by atoms with E-state index in [0.29, 0.717) is 6.42 Å². The molecule has 3 saturated carbocycles. The van der Waals surface area contributed by atoms with Crippen LogP contribution in [0.3, 0.4) is 0 Å². The number of ether oxygens (including phenoxy) is 1. The summed E-state index contributed by atoms with van der Waals surface area (Å²) >= 11 is 0. The van der Waals surface area contributed by atoms with Gasteiger partial charge in [0.2, 0.25) is 0 Å². The Morgan fingerprint density at radius 1 is 1.24 bits per heavy atom. The van der Waals surface area contributed by atoms with E-state index in [1.807, 2.05) is 19.9 Å². The zero-order valence-corrected chi connectivity index (χ0v) is 17.2. The highest BCUT2D eigenvalue weighted by molar-refractivity contribution is 6.03. The molecular weight excluding hydrogens is 372 g/mol. The minimum Gasteiger partial charge on any atom is -0.469 e. The number of esters is 1. The molecule has 3 fully saturated rings. The van der Waals surface area contributed by atoms with Crippen LogP contribution in [0.5, 0.6) is 0 Å². The first kappa shape index (κ1) is 20.2. The van der Waals surface area contributed by atoms with Crippen molar-refractivity contribution < 1.29 is 29.0 Å². The van der Waals surface area contributed by atoms with E-state index >= 15 is 0 Å². The van der Waals surface area contributed by atoms with Crippen LogP contribution in [0.25, 0.3) is 0 Å². The van der Waals surface area contributed by atoms with E-state index in [-0.39, 0.29) is 42.2 Å². The number of ketones is 3. The first-order valence-electron chi connectivity index (χ1n) is 10.4. The van der Waals surface area contributed by atoms with E-state index in [2.05, 4.69) is 4.74 Å². The van der Waals surface area contributed by atoms with Crippen molar-refractivity contribution in [3.63, 3.8) is 0 Å². The molecule has 0 spiro atoms. The van der Waals surface area contributed by atoms with Crippen molar-refractivity contribution in [2.75, 3.05) is 7.11 Å². The first-order chi connectivity index (χ1) is 13.6. The fourth-order valence-electron chi connectivity index (χ4n) is 6.84. The molecule has 0 bridgehead atoms. The van der Waals surface area contributed by atoms with Gasteiger partial charge < -0.3 is 9.84 Å². The summed E-state index contributed by atoms with van der Waals surface area (Å²) in [5.41, 5.74) is -2.05. The number of carbonyl (C=O) groups excluding carboxylic acids is 4. The average molecular weight is 400 g/mol. The van der Waals surface area contributed by atoms with Gasteiger partial charge in [0.05, 0.1) is 7.11 Å². The first-order valence-corrected chi connectivity index (χ1v) is 10.4. The molecule has 6 atom stereocenters. The molecule has 0 saturated heterocycles. The zero-order chi connectivity index (χ0) is 21.2. The third-order valence-electron chi connectivity index (χ3n) is 8.40. The Kier molecular flexibility index (Phi) is 4.50. The standard InChI is InChI=1S/C23H28O6/c1-21-8-6-14(24)10-13(21)4-5-15-16-7-9-23(28,18(26)11-19(27)29-3)22(16,2)12-17(25)20(15)21/h6,8,10,15-16,20,28H,4-5,7,9,11-12H2,1-3H3/t15-,16-,20+,21-,22-,23+/m0/s1. The predicted octanol–water partition coefficient (Wildman–Crippen LogP) is 2.34. The molecule has 0 aromatic heterocycles. The van der Waals surface area contributed by atoms with Gasteiger partial charge in [-0.15, -0.1) is 0 Å². The van der Waals surface area contributed by atoms with Crippen LogP contribution in [-0.4, -0.2) is 41.1 Å². The number of methoxy groups -OCH3 is 1. The number of rotatable bonds is 3. The van der Waals surface area contributed by atoms with Gasteiger partial charge in [0, 0.05) is 23.2 Å². The maximum Gasteiger partial charge on any atom is 0.313 e. The van der Waals surface area contributed by atoms with Crippen LogP contribution in [0.2, 0.25) is 0 Å². The topological polar surface area (TPSA) is 97.7 Å². The second-order valence-electron chi connectivity index (χ2n) is 9.61. The largest absolute Gasteiger partial charge is 0.469 e. The third-order valence-corrected chi connectivity index (χ3v) is 8.40. The highest BCUT2D eigenvalue weighted by Gasteiger charge is 2.68. The minimum atomic E-state index is -1.69. The molecule has 0 aromatic rings. The second-order valence-corrected chi connectivity index (χ2v) is 9.61. The normalized spacial score (nSPS) is 43.2. The summed E-state index contributed by atoms with van der Waals surface area (Å²) < 4.78 is 4.60. The molecule has 4 aliphatic rings. The van der Waals surface area contributed by atoms with Crippen molar-refractivity contribution in [2.45, 2.75) is 58.0 Å². The molecule has 1 N–H and O–H groups in total. The summed E-state index contributed by atoms with van der Waals surface area (Å²) in [6, 6.07) is 0. The van der Waals surface area contributed by atoms with Crippen molar-refractivity contribution in [3.05, 3.63) is 23.8 Å². The van der Waals surface area contributed by atoms with Crippen LogP contribution < -0.4 is 0 Å². The molecule has 29 heavy (non-hydrogen) atoms. The number of hydrogen-bond donors (Lipinski definition) is 1. The van der Waals surface area contributed by atoms with E-state index in [1.165, 1.54) is 7.11 Å². The lowest BCUT2D eigenvalue weighted by Crippen LogP contribution is -2.60. The van der Waals surface area contributed by atoms with Crippen LogP contribution in [0.15, 0.2) is 23.8 Å². The molecule has 0 aromatic carbocycles. The number of hydrogen-bond acceptors (Lipinski definition) is 6. The maximum absolute atomic E-state index is 13.4. The van der Waals surface area contributed by atoms with Gasteiger partial charge in [0.15, 0.2) is 11.6 Å². The number of Topliss-reactive ketones (excluding diaryl/α,β-unsaturated/α-hetero) is 2. The van der Waals surface area contributed by atoms with E-state index in [1.54, 1.807) is 12.2 Å². The minimum absolute atomic E-state index is 0.0150. The molecular formula is C23H28O6. The molecule has 0 heterocycles. The Balaban J connectivity index is 1.69. The van der Waals surface area contributed by atoms with Gasteiger partial charge in [-0.25, -0.2) is 0 Å². The SMILES string of the molecule is COC(=O)CC(=O)[C@]1(O)CC[C@H]2[C@@H]3CCC4=CC(=O)C=C[C@]4(C)[C@H]3C(=O)C[C@@]21C. The third kappa shape index (κ3) is 2.64. The van der Waals surface area contributed by atoms with Crippen LogP contribution in [0, 0.1) is 28.6 Å². The van der Waals surface area contributed by atoms with Crippen molar-refractivity contribution >= 4 is 23.3 Å². The Hall–Kier alpha value is -2.08. The van der Waals surface area contributed by atoms with Gasteiger partial charge in [0.1, 0.15) is 17.8 Å². The summed E-state index contributed by atoms with van der Waals surface area (Å²) in [6.45, 7) is 3.87. The average Bonchev–Trinajstić information content (AvgIpc) is 2.93. The van der Waals surface area contributed by atoms with Crippen molar-refractivity contribution in [1.29, 1.82) is 0 Å². The Morgan fingerprint density at radius 2 is 1.97 bits per heavy atom. The van der Waals surface area contributed by atoms with Gasteiger partial charge in [-0.05, 0) is 49.7 Å². The van der Waals surface area contributed by atoms with E-state index < -0.39 is 34.6 Å².